The highest BCUT2D eigenvalue weighted by molar-refractivity contribution is 5.56. The highest BCUT2D eigenvalue weighted by atomic mass is 19.4. The van der Waals surface area contributed by atoms with E-state index in [2.05, 4.69) is 30.9 Å². The molecule has 0 amide bonds. The van der Waals surface area contributed by atoms with Gasteiger partial charge in [0.25, 0.3) is 0 Å². The van der Waals surface area contributed by atoms with Crippen LogP contribution < -0.4 is 16.0 Å². The van der Waals surface area contributed by atoms with Crippen molar-refractivity contribution in [1.29, 1.82) is 0 Å². The molecule has 0 bridgehead atoms. The Bertz CT molecular complexity index is 773. The van der Waals surface area contributed by atoms with Crippen LogP contribution in [0.2, 0.25) is 0 Å². The molecule has 0 aromatic carbocycles. The molecule has 2 aromatic heterocycles. The van der Waals surface area contributed by atoms with Gasteiger partial charge in [-0.1, -0.05) is 6.07 Å². The monoisotopic (exact) mass is 350 g/mol. The number of nitrogens with zero attached hydrogens (tertiary/aromatic N) is 3. The van der Waals surface area contributed by atoms with Gasteiger partial charge in [-0.05, 0) is 19.0 Å². The Kier molecular flexibility index (Phi) is 3.95. The van der Waals surface area contributed by atoms with Crippen molar-refractivity contribution in [3.05, 3.63) is 41.3 Å². The van der Waals surface area contributed by atoms with Gasteiger partial charge in [-0.3, -0.25) is 0 Å². The predicted octanol–water partition coefficient (Wildman–Crippen LogP) is 2.22. The van der Waals surface area contributed by atoms with E-state index in [1.807, 2.05) is 0 Å². The number of halogens is 3. The van der Waals surface area contributed by atoms with Gasteiger partial charge in [0.2, 0.25) is 5.95 Å². The summed E-state index contributed by atoms with van der Waals surface area (Å²) in [6.45, 7) is 1.95. The predicted molar refractivity (Wildman–Crippen MR) is 86.5 cm³/mol. The summed E-state index contributed by atoms with van der Waals surface area (Å²) >= 11 is 0. The van der Waals surface area contributed by atoms with Gasteiger partial charge in [-0.25, -0.2) is 15.0 Å². The van der Waals surface area contributed by atoms with Gasteiger partial charge in [0, 0.05) is 43.0 Å². The van der Waals surface area contributed by atoms with Crippen LogP contribution in [0.15, 0.2) is 24.5 Å². The van der Waals surface area contributed by atoms with Crippen molar-refractivity contribution in [3.8, 4) is 0 Å². The van der Waals surface area contributed by atoms with Gasteiger partial charge in [-0.2, -0.15) is 13.2 Å². The molecule has 2 aromatic rings. The molecule has 0 radical (unpaired) electrons. The minimum atomic E-state index is -4.51. The third-order valence-electron chi connectivity index (χ3n) is 4.54. The number of rotatable bonds is 3. The fraction of sp³-hybridized carbons (Fsp3) is 0.438. The zero-order valence-electron chi connectivity index (χ0n) is 13.3. The Morgan fingerprint density at radius 3 is 2.84 bits per heavy atom. The Balaban J connectivity index is 1.73. The third-order valence-corrected chi connectivity index (χ3v) is 4.54. The second-order valence-electron chi connectivity index (χ2n) is 6.20. The molecule has 25 heavy (non-hydrogen) atoms. The number of pyridine rings is 1. The van der Waals surface area contributed by atoms with E-state index < -0.39 is 17.7 Å². The molecular formula is C16H17F3N6. The maximum Gasteiger partial charge on any atom is 0.419 e. The summed E-state index contributed by atoms with van der Waals surface area (Å²) in [5, 5.41) is 9.36. The van der Waals surface area contributed by atoms with Crippen LogP contribution in [0.1, 0.15) is 29.2 Å². The molecule has 0 spiro atoms. The molecule has 1 saturated heterocycles. The molecule has 0 aliphatic carbocycles. The molecule has 0 unspecified atom stereocenters. The van der Waals surface area contributed by atoms with Crippen molar-refractivity contribution in [2.45, 2.75) is 24.6 Å². The van der Waals surface area contributed by atoms with Gasteiger partial charge < -0.3 is 16.0 Å². The number of nitrogens with one attached hydrogen (secondary N) is 3. The second-order valence-corrected chi connectivity index (χ2v) is 6.20. The molecule has 2 aliphatic heterocycles. The maximum atomic E-state index is 13.5. The third kappa shape index (κ3) is 3.11. The number of hydrogen-bond donors (Lipinski definition) is 3. The fourth-order valence-corrected chi connectivity index (χ4v) is 3.31. The summed E-state index contributed by atoms with van der Waals surface area (Å²) in [5.74, 6) is 0.327. The number of hydrogen-bond acceptors (Lipinski definition) is 6. The van der Waals surface area contributed by atoms with Crippen LogP contribution in [-0.4, -0.2) is 40.6 Å². The first kappa shape index (κ1) is 16.1. The lowest BCUT2D eigenvalue weighted by molar-refractivity contribution is -0.138. The Morgan fingerprint density at radius 1 is 1.20 bits per heavy atom. The van der Waals surface area contributed by atoms with Gasteiger partial charge in [-0.15, -0.1) is 0 Å². The molecule has 1 fully saturated rings. The zero-order valence-corrected chi connectivity index (χ0v) is 13.3. The summed E-state index contributed by atoms with van der Waals surface area (Å²) in [5.41, 5.74) is -0.0958. The smallest absolute Gasteiger partial charge is 0.369 e. The van der Waals surface area contributed by atoms with E-state index >= 15 is 0 Å². The van der Waals surface area contributed by atoms with Crippen LogP contribution >= 0.6 is 0 Å². The summed E-state index contributed by atoms with van der Waals surface area (Å²) in [6, 6.07) is 3.63. The van der Waals surface area contributed by atoms with Crippen LogP contribution in [0.3, 0.4) is 0 Å². The highest BCUT2D eigenvalue weighted by Crippen LogP contribution is 2.40. The van der Waals surface area contributed by atoms with Gasteiger partial charge in [0.15, 0.2) is 0 Å². The number of fused-ring (bicyclic) bond motifs is 1. The minimum absolute atomic E-state index is 0.0183. The first-order chi connectivity index (χ1) is 12.0. The van der Waals surface area contributed by atoms with Crippen LogP contribution in [0.4, 0.5) is 24.9 Å². The second kappa shape index (κ2) is 6.14. The van der Waals surface area contributed by atoms with Crippen molar-refractivity contribution in [3.63, 3.8) is 0 Å². The number of anilines is 2. The average molecular weight is 350 g/mol. The fourth-order valence-electron chi connectivity index (χ4n) is 3.31. The topological polar surface area (TPSA) is 74.8 Å². The van der Waals surface area contributed by atoms with Gasteiger partial charge in [0.05, 0.1) is 11.3 Å². The molecule has 132 valence electrons. The molecule has 4 rings (SSSR count). The van der Waals surface area contributed by atoms with E-state index in [0.717, 1.165) is 31.3 Å². The lowest BCUT2D eigenvalue weighted by Gasteiger charge is -2.19. The summed E-state index contributed by atoms with van der Waals surface area (Å²) in [4.78, 5) is 12.3. The molecule has 6 nitrogen and oxygen atoms in total. The van der Waals surface area contributed by atoms with Gasteiger partial charge in [0.1, 0.15) is 5.82 Å². The largest absolute Gasteiger partial charge is 0.419 e. The van der Waals surface area contributed by atoms with Crippen LogP contribution in [0.5, 0.6) is 0 Å². The quantitative estimate of drug-likeness (QED) is 0.788. The van der Waals surface area contributed by atoms with Crippen LogP contribution in [-0.2, 0) is 6.18 Å². The van der Waals surface area contributed by atoms with Crippen LogP contribution in [0.25, 0.3) is 0 Å². The van der Waals surface area contributed by atoms with Crippen molar-refractivity contribution in [1.82, 2.24) is 20.3 Å². The van der Waals surface area contributed by atoms with E-state index in [1.54, 1.807) is 18.3 Å². The normalized spacial score (nSPS) is 22.5. The zero-order chi connectivity index (χ0) is 17.4. The minimum Gasteiger partial charge on any atom is -0.369 e. The molecule has 0 saturated carbocycles. The Hall–Kier alpha value is -2.42. The van der Waals surface area contributed by atoms with Crippen LogP contribution in [0, 0.1) is 0 Å². The van der Waals surface area contributed by atoms with E-state index in [-0.39, 0.29) is 17.7 Å². The molecule has 9 heteroatoms. The molecular weight excluding hydrogens is 333 g/mol. The maximum absolute atomic E-state index is 13.5. The first-order valence-corrected chi connectivity index (χ1v) is 8.12. The number of aromatic nitrogens is 3. The summed E-state index contributed by atoms with van der Waals surface area (Å²) in [7, 11) is 0. The molecule has 2 aliphatic rings. The first-order valence-electron chi connectivity index (χ1n) is 8.12. The molecule has 2 atom stereocenters. The Morgan fingerprint density at radius 2 is 2.08 bits per heavy atom. The standard InChI is InChI=1S/C16H17F3N6/c17-16(18,19)12-8-23-15(24-9-3-5-20-6-9)25-13(12)11-7-22-14-10(11)2-1-4-21-14/h1-2,4,8-9,11,20H,3,5-7H2,(H,21,22)(H,23,24,25)/t9-,11+/m1/s1. The van der Waals surface area contributed by atoms with E-state index in [0.29, 0.717) is 12.4 Å². The van der Waals surface area contributed by atoms with E-state index in [9.17, 15) is 13.2 Å². The number of alkyl halides is 3. The van der Waals surface area contributed by atoms with Crippen molar-refractivity contribution >= 4 is 11.8 Å². The average Bonchev–Trinajstić information content (AvgIpc) is 3.23. The summed E-state index contributed by atoms with van der Waals surface area (Å²) < 4.78 is 40.4. The van der Waals surface area contributed by atoms with Gasteiger partial charge >= 0.3 is 6.18 Å². The van der Waals surface area contributed by atoms with Crippen molar-refractivity contribution < 1.29 is 13.2 Å². The highest BCUT2D eigenvalue weighted by Gasteiger charge is 2.39. The molecule has 3 N–H and O–H groups in total. The van der Waals surface area contributed by atoms with Crippen molar-refractivity contribution in [2.24, 2.45) is 0 Å². The molecule has 4 heterocycles. The van der Waals surface area contributed by atoms with E-state index in [4.69, 9.17) is 0 Å². The lowest BCUT2D eigenvalue weighted by atomic mass is 9.95. The summed E-state index contributed by atoms with van der Waals surface area (Å²) in [6.07, 6.45) is -1.13. The van der Waals surface area contributed by atoms with Crippen molar-refractivity contribution in [2.75, 3.05) is 30.3 Å². The SMILES string of the molecule is FC(F)(F)c1cnc(N[C@@H]2CCNC2)nc1[C@H]1CNc2ncccc21. The van der Waals surface area contributed by atoms with E-state index in [1.165, 1.54) is 0 Å². The Labute approximate surface area is 142 Å². The lowest BCUT2D eigenvalue weighted by Crippen LogP contribution is -2.25.